The molecule has 21 heavy (non-hydrogen) atoms. The van der Waals surface area contributed by atoms with Crippen LogP contribution in [0, 0.1) is 0 Å². The molecule has 106 valence electrons. The molecule has 1 aromatic carbocycles. The maximum absolute atomic E-state index is 11.4. The topological polar surface area (TPSA) is 80.9 Å². The summed E-state index contributed by atoms with van der Waals surface area (Å²) < 4.78 is 10.1. The molecular formula is C13H9ClN4O2S. The van der Waals surface area contributed by atoms with E-state index in [1.54, 1.807) is 16.8 Å². The molecule has 0 saturated heterocycles. The summed E-state index contributed by atoms with van der Waals surface area (Å²) in [4.78, 5) is 11.4. The first-order valence-electron chi connectivity index (χ1n) is 6.42. The van der Waals surface area contributed by atoms with Gasteiger partial charge in [-0.1, -0.05) is 11.6 Å². The van der Waals surface area contributed by atoms with Gasteiger partial charge in [-0.05, 0) is 31.4 Å². The predicted octanol–water partition coefficient (Wildman–Crippen LogP) is 2.72. The quantitative estimate of drug-likeness (QED) is 0.785. The lowest BCUT2D eigenvalue weighted by Gasteiger charge is -2.08. The summed E-state index contributed by atoms with van der Waals surface area (Å²) in [5.74, 6) is -1.01. The molecule has 4 rings (SSSR count). The van der Waals surface area contributed by atoms with Crippen LogP contribution in [0.5, 0.6) is 0 Å². The third kappa shape index (κ3) is 1.77. The normalized spacial score (nSPS) is 13.8. The average molecular weight is 321 g/mol. The molecule has 0 atom stereocenters. The monoisotopic (exact) mass is 320 g/mol. The maximum atomic E-state index is 11.4. The molecule has 0 saturated carbocycles. The molecule has 0 fully saturated rings. The van der Waals surface area contributed by atoms with Gasteiger partial charge in [-0.25, -0.2) is 9.48 Å². The Morgan fingerprint density at radius 3 is 3.00 bits per heavy atom. The molecule has 3 aromatic rings. The molecular weight excluding hydrogens is 312 g/mol. The molecule has 1 aliphatic rings. The van der Waals surface area contributed by atoms with E-state index in [-0.39, 0.29) is 5.69 Å². The number of aromatic carboxylic acids is 1. The van der Waals surface area contributed by atoms with E-state index in [2.05, 4.69) is 13.8 Å². The van der Waals surface area contributed by atoms with Crippen LogP contribution >= 0.6 is 23.3 Å². The van der Waals surface area contributed by atoms with Crippen molar-refractivity contribution in [2.24, 2.45) is 0 Å². The summed E-state index contributed by atoms with van der Waals surface area (Å²) in [5, 5.41) is 14.1. The lowest BCUT2D eigenvalue weighted by Crippen LogP contribution is -2.05. The predicted molar refractivity (Wildman–Crippen MR) is 78.5 cm³/mol. The SMILES string of the molecule is O=C(O)c1nn(-c2c(Cl)ccc3nsnc23)c2c1CCC2. The summed E-state index contributed by atoms with van der Waals surface area (Å²) in [7, 11) is 0. The minimum absolute atomic E-state index is 0.110. The minimum Gasteiger partial charge on any atom is -0.476 e. The van der Waals surface area contributed by atoms with Gasteiger partial charge in [-0.2, -0.15) is 13.8 Å². The van der Waals surface area contributed by atoms with E-state index in [9.17, 15) is 9.90 Å². The average Bonchev–Trinajstić information content (AvgIpc) is 3.13. The van der Waals surface area contributed by atoms with Crippen LogP contribution in [0.1, 0.15) is 28.2 Å². The van der Waals surface area contributed by atoms with Gasteiger partial charge in [0.2, 0.25) is 0 Å². The maximum Gasteiger partial charge on any atom is 0.356 e. The Kier molecular flexibility index (Phi) is 2.73. The number of carboxylic acid groups (broad SMARTS) is 1. The minimum atomic E-state index is -1.01. The smallest absolute Gasteiger partial charge is 0.356 e. The van der Waals surface area contributed by atoms with Gasteiger partial charge in [-0.3, -0.25) is 0 Å². The first-order valence-corrected chi connectivity index (χ1v) is 7.53. The van der Waals surface area contributed by atoms with Gasteiger partial charge in [0.25, 0.3) is 0 Å². The number of halogens is 1. The molecule has 2 aromatic heterocycles. The van der Waals surface area contributed by atoms with Gasteiger partial charge < -0.3 is 5.11 Å². The van der Waals surface area contributed by atoms with E-state index in [0.29, 0.717) is 16.2 Å². The summed E-state index contributed by atoms with van der Waals surface area (Å²) in [6, 6.07) is 3.54. The Hall–Kier alpha value is -1.99. The number of benzene rings is 1. The van der Waals surface area contributed by atoms with Gasteiger partial charge >= 0.3 is 5.97 Å². The fourth-order valence-electron chi connectivity index (χ4n) is 2.81. The number of hydrogen-bond acceptors (Lipinski definition) is 5. The van der Waals surface area contributed by atoms with E-state index >= 15 is 0 Å². The number of hydrogen-bond donors (Lipinski definition) is 1. The van der Waals surface area contributed by atoms with Crippen molar-refractivity contribution >= 4 is 40.3 Å². The van der Waals surface area contributed by atoms with Gasteiger partial charge in [0.1, 0.15) is 16.7 Å². The van der Waals surface area contributed by atoms with E-state index in [4.69, 9.17) is 11.6 Å². The van der Waals surface area contributed by atoms with Crippen LogP contribution in [-0.2, 0) is 12.8 Å². The molecule has 0 radical (unpaired) electrons. The lowest BCUT2D eigenvalue weighted by molar-refractivity contribution is 0.0689. The summed E-state index contributed by atoms with van der Waals surface area (Å²) in [6.45, 7) is 0. The number of nitrogens with zero attached hydrogens (tertiary/aromatic N) is 4. The molecule has 0 aliphatic heterocycles. The van der Waals surface area contributed by atoms with Crippen LogP contribution < -0.4 is 0 Å². The van der Waals surface area contributed by atoms with E-state index < -0.39 is 5.97 Å². The third-order valence-electron chi connectivity index (χ3n) is 3.70. The molecule has 1 aliphatic carbocycles. The zero-order valence-corrected chi connectivity index (χ0v) is 12.3. The van der Waals surface area contributed by atoms with Crippen molar-refractivity contribution < 1.29 is 9.90 Å². The Morgan fingerprint density at radius 1 is 1.33 bits per heavy atom. The van der Waals surface area contributed by atoms with E-state index in [0.717, 1.165) is 47.8 Å². The number of carbonyl (C=O) groups is 1. The van der Waals surface area contributed by atoms with Crippen LogP contribution in [0.4, 0.5) is 0 Å². The lowest BCUT2D eigenvalue weighted by atomic mass is 10.2. The summed E-state index contributed by atoms with van der Waals surface area (Å²) in [5.41, 5.74) is 3.83. The Labute approximate surface area is 128 Å². The van der Waals surface area contributed by atoms with Crippen molar-refractivity contribution in [1.29, 1.82) is 0 Å². The number of aromatic nitrogens is 4. The Morgan fingerprint density at radius 2 is 2.19 bits per heavy atom. The molecule has 2 heterocycles. The summed E-state index contributed by atoms with van der Waals surface area (Å²) >= 11 is 7.41. The van der Waals surface area contributed by atoms with Gasteiger partial charge in [0, 0.05) is 11.3 Å². The number of rotatable bonds is 2. The van der Waals surface area contributed by atoms with Gasteiger partial charge in [0.15, 0.2) is 5.69 Å². The highest BCUT2D eigenvalue weighted by Crippen LogP contribution is 2.33. The molecule has 1 N–H and O–H groups in total. The highest BCUT2D eigenvalue weighted by atomic mass is 35.5. The Bertz CT molecular complexity index is 886. The fourth-order valence-corrected chi connectivity index (χ4v) is 3.58. The van der Waals surface area contributed by atoms with Crippen LogP contribution in [0.15, 0.2) is 12.1 Å². The third-order valence-corrected chi connectivity index (χ3v) is 4.54. The zero-order valence-electron chi connectivity index (χ0n) is 10.7. The van der Waals surface area contributed by atoms with Crippen molar-refractivity contribution in [3.63, 3.8) is 0 Å². The zero-order chi connectivity index (χ0) is 14.6. The van der Waals surface area contributed by atoms with Crippen molar-refractivity contribution in [3.05, 3.63) is 34.1 Å². The molecule has 6 nitrogen and oxygen atoms in total. The standard InChI is InChI=1S/C13H9ClN4O2S/c14-7-4-5-8-11(17-21-16-8)12(7)18-9-3-1-2-6(9)10(15-18)13(19)20/h4-5H,1-3H2,(H,19,20). The van der Waals surface area contributed by atoms with E-state index in [1.807, 2.05) is 0 Å². The van der Waals surface area contributed by atoms with Crippen molar-refractivity contribution in [3.8, 4) is 5.69 Å². The van der Waals surface area contributed by atoms with Crippen molar-refractivity contribution in [2.45, 2.75) is 19.3 Å². The fraction of sp³-hybridized carbons (Fsp3) is 0.231. The number of carboxylic acids is 1. The van der Waals surface area contributed by atoms with Gasteiger partial charge in [-0.15, -0.1) is 0 Å². The molecule has 0 bridgehead atoms. The molecule has 8 heteroatoms. The first kappa shape index (κ1) is 12.7. The van der Waals surface area contributed by atoms with Crippen molar-refractivity contribution in [2.75, 3.05) is 0 Å². The second-order valence-electron chi connectivity index (χ2n) is 4.87. The second-order valence-corrected chi connectivity index (χ2v) is 5.81. The largest absolute Gasteiger partial charge is 0.476 e. The first-order chi connectivity index (χ1) is 10.2. The molecule has 0 spiro atoms. The molecule has 0 amide bonds. The number of fused-ring (bicyclic) bond motifs is 2. The molecule has 0 unspecified atom stereocenters. The highest BCUT2D eigenvalue weighted by molar-refractivity contribution is 7.00. The van der Waals surface area contributed by atoms with Crippen LogP contribution in [0.25, 0.3) is 16.7 Å². The van der Waals surface area contributed by atoms with E-state index in [1.165, 1.54) is 0 Å². The van der Waals surface area contributed by atoms with Crippen molar-refractivity contribution in [1.82, 2.24) is 18.5 Å². The van der Waals surface area contributed by atoms with Crippen LogP contribution in [0.3, 0.4) is 0 Å². The second kappa shape index (κ2) is 4.51. The summed E-state index contributed by atoms with van der Waals surface area (Å²) in [6.07, 6.45) is 2.45. The van der Waals surface area contributed by atoms with Crippen LogP contribution in [0.2, 0.25) is 5.02 Å². The highest BCUT2D eigenvalue weighted by Gasteiger charge is 2.28. The van der Waals surface area contributed by atoms with Gasteiger partial charge in [0.05, 0.1) is 16.8 Å². The Balaban J connectivity index is 2.06. The van der Waals surface area contributed by atoms with Crippen LogP contribution in [-0.4, -0.2) is 29.6 Å².